The number of nitrogens with zero attached hydrogens (tertiary/aromatic N) is 2. The van der Waals surface area contributed by atoms with Gasteiger partial charge in [0.2, 0.25) is 0 Å². The molecule has 26 heavy (non-hydrogen) atoms. The number of aliphatic imine (C=N–C) groups is 1. The number of rotatable bonds is 5. The van der Waals surface area contributed by atoms with E-state index in [0.29, 0.717) is 11.6 Å². The summed E-state index contributed by atoms with van der Waals surface area (Å²) in [6, 6.07) is 8.06. The van der Waals surface area contributed by atoms with Crippen molar-refractivity contribution in [2.45, 2.75) is 36.1 Å². The van der Waals surface area contributed by atoms with E-state index in [-0.39, 0.29) is 18.0 Å². The van der Waals surface area contributed by atoms with Crippen LogP contribution >= 0.6 is 11.8 Å². The van der Waals surface area contributed by atoms with Crippen molar-refractivity contribution in [3.8, 4) is 5.75 Å². The Bertz CT molecular complexity index is 722. The van der Waals surface area contributed by atoms with Gasteiger partial charge in [-0.2, -0.15) is 0 Å². The van der Waals surface area contributed by atoms with Crippen LogP contribution in [0.3, 0.4) is 0 Å². The molecule has 0 saturated carbocycles. The highest BCUT2D eigenvalue weighted by atomic mass is 32.2. The fourth-order valence-electron chi connectivity index (χ4n) is 3.29. The third kappa shape index (κ3) is 3.25. The number of para-hydroxylation sites is 1. The number of carbonyl (C=O) groups is 2. The third-order valence-corrected chi connectivity index (χ3v) is 6.03. The van der Waals surface area contributed by atoms with E-state index < -0.39 is 22.8 Å². The predicted molar refractivity (Wildman–Crippen MR) is 98.3 cm³/mol. The first-order valence-electron chi connectivity index (χ1n) is 8.25. The molecule has 1 aromatic carbocycles. The minimum absolute atomic E-state index is 0.151. The van der Waals surface area contributed by atoms with E-state index in [0.717, 1.165) is 0 Å². The van der Waals surface area contributed by atoms with Crippen molar-refractivity contribution in [2.75, 3.05) is 20.8 Å². The van der Waals surface area contributed by atoms with Crippen LogP contribution in [0.4, 0.5) is 0 Å². The number of benzene rings is 1. The van der Waals surface area contributed by atoms with E-state index in [4.69, 9.17) is 14.2 Å². The third-order valence-electron chi connectivity index (χ3n) is 4.47. The van der Waals surface area contributed by atoms with Gasteiger partial charge in [-0.05, 0) is 26.0 Å². The van der Waals surface area contributed by atoms with Crippen LogP contribution < -0.4 is 4.74 Å². The van der Waals surface area contributed by atoms with Crippen LogP contribution in [-0.4, -0.2) is 65.7 Å². The second kappa shape index (κ2) is 7.19. The quantitative estimate of drug-likeness (QED) is 0.722. The molecule has 2 heterocycles. The Balaban J connectivity index is 1.89. The van der Waals surface area contributed by atoms with Crippen LogP contribution in [0.25, 0.3) is 0 Å². The summed E-state index contributed by atoms with van der Waals surface area (Å²) in [6.45, 7) is 4.07. The van der Waals surface area contributed by atoms with Crippen molar-refractivity contribution < 1.29 is 23.8 Å². The van der Waals surface area contributed by atoms with E-state index in [1.165, 1.54) is 26.0 Å². The standard InChI is InChI=1S/C18H22N2O5S/c1-18(2)14(17(22)24-4)20-12(10-25-11-8-6-5-7-9-11)19-13(15(20)26-18)16(21)23-3/h5-9,13-15H,10H2,1-4H3. The topological polar surface area (TPSA) is 77.4 Å². The number of esters is 2. The molecule has 1 saturated heterocycles. The van der Waals surface area contributed by atoms with Gasteiger partial charge in [-0.3, -0.25) is 4.99 Å². The van der Waals surface area contributed by atoms with Crippen LogP contribution in [0.5, 0.6) is 5.75 Å². The largest absolute Gasteiger partial charge is 0.486 e. The summed E-state index contributed by atoms with van der Waals surface area (Å²) in [6.07, 6.45) is 0. The fraction of sp³-hybridized carbons (Fsp3) is 0.500. The number of methoxy groups -OCH3 is 2. The lowest BCUT2D eigenvalue weighted by molar-refractivity contribution is -0.147. The molecule has 0 aromatic heterocycles. The maximum absolute atomic E-state index is 12.4. The van der Waals surface area contributed by atoms with Crippen molar-refractivity contribution >= 4 is 29.5 Å². The van der Waals surface area contributed by atoms with Gasteiger partial charge in [0.1, 0.15) is 29.6 Å². The van der Waals surface area contributed by atoms with Gasteiger partial charge in [-0.25, -0.2) is 9.59 Å². The molecule has 1 fully saturated rings. The number of fused-ring (bicyclic) bond motifs is 1. The summed E-state index contributed by atoms with van der Waals surface area (Å²) < 4.78 is 15.3. The molecule has 2 aliphatic heterocycles. The molecule has 140 valence electrons. The average Bonchev–Trinajstić information content (AvgIpc) is 3.11. The number of carbonyl (C=O) groups excluding carboxylic acids is 2. The maximum atomic E-state index is 12.4. The summed E-state index contributed by atoms with van der Waals surface area (Å²) in [5.74, 6) is 0.447. The van der Waals surface area contributed by atoms with E-state index in [9.17, 15) is 9.59 Å². The Morgan fingerprint density at radius 1 is 1.15 bits per heavy atom. The average molecular weight is 378 g/mol. The number of amidine groups is 1. The van der Waals surface area contributed by atoms with Crippen LogP contribution in [0, 0.1) is 0 Å². The number of ether oxygens (including phenoxy) is 3. The first-order valence-corrected chi connectivity index (χ1v) is 9.13. The van der Waals surface area contributed by atoms with Crippen molar-refractivity contribution in [3.63, 3.8) is 0 Å². The zero-order chi connectivity index (χ0) is 18.9. The van der Waals surface area contributed by atoms with Crippen molar-refractivity contribution in [1.29, 1.82) is 0 Å². The lowest BCUT2D eigenvalue weighted by Crippen LogP contribution is -2.51. The Hall–Kier alpha value is -2.22. The fourth-order valence-corrected chi connectivity index (χ4v) is 4.91. The molecule has 8 heteroatoms. The first kappa shape index (κ1) is 18.6. The molecular formula is C18H22N2O5S. The highest BCUT2D eigenvalue weighted by Gasteiger charge is 2.59. The lowest BCUT2D eigenvalue weighted by Gasteiger charge is -2.30. The number of hydrogen-bond donors (Lipinski definition) is 0. The van der Waals surface area contributed by atoms with Gasteiger partial charge >= 0.3 is 11.9 Å². The molecule has 1 aromatic rings. The SMILES string of the molecule is COC(=O)C1N=C(COc2ccccc2)N2C1SC(C)(C)C2C(=O)OC. The van der Waals surface area contributed by atoms with Gasteiger partial charge in [0, 0.05) is 4.75 Å². The molecular weight excluding hydrogens is 356 g/mol. The van der Waals surface area contributed by atoms with Crippen LogP contribution in [0.2, 0.25) is 0 Å². The Labute approximate surface area is 156 Å². The Morgan fingerprint density at radius 3 is 2.42 bits per heavy atom. The molecule has 3 rings (SSSR count). The zero-order valence-corrected chi connectivity index (χ0v) is 16.0. The summed E-state index contributed by atoms with van der Waals surface area (Å²) in [7, 11) is 2.70. The summed E-state index contributed by atoms with van der Waals surface area (Å²) in [5.41, 5.74) is 0. The van der Waals surface area contributed by atoms with Gasteiger partial charge in [0.05, 0.1) is 14.2 Å². The molecule has 3 atom stereocenters. The molecule has 3 unspecified atom stereocenters. The van der Waals surface area contributed by atoms with Crippen molar-refractivity contribution in [1.82, 2.24) is 4.90 Å². The second-order valence-electron chi connectivity index (χ2n) is 6.56. The maximum Gasteiger partial charge on any atom is 0.333 e. The molecule has 0 spiro atoms. The van der Waals surface area contributed by atoms with Crippen LogP contribution in [0.1, 0.15) is 13.8 Å². The second-order valence-corrected chi connectivity index (χ2v) is 8.33. The summed E-state index contributed by atoms with van der Waals surface area (Å²) in [4.78, 5) is 31.0. The molecule has 2 aliphatic rings. The normalized spacial score (nSPS) is 26.1. The van der Waals surface area contributed by atoms with Crippen LogP contribution in [-0.2, 0) is 19.1 Å². The highest BCUT2D eigenvalue weighted by Crippen LogP contribution is 2.49. The lowest BCUT2D eigenvalue weighted by atomic mass is 10.0. The minimum atomic E-state index is -0.701. The van der Waals surface area contributed by atoms with Gasteiger partial charge < -0.3 is 19.1 Å². The van der Waals surface area contributed by atoms with Crippen molar-refractivity contribution in [3.05, 3.63) is 30.3 Å². The van der Waals surface area contributed by atoms with Crippen LogP contribution in [0.15, 0.2) is 35.3 Å². The minimum Gasteiger partial charge on any atom is -0.486 e. The zero-order valence-electron chi connectivity index (χ0n) is 15.2. The van der Waals surface area contributed by atoms with E-state index in [1.54, 1.807) is 0 Å². The van der Waals surface area contributed by atoms with E-state index in [1.807, 2.05) is 49.1 Å². The molecule has 0 bridgehead atoms. The highest BCUT2D eigenvalue weighted by molar-refractivity contribution is 8.01. The predicted octanol–water partition coefficient (Wildman–Crippen LogP) is 1.71. The Kier molecular flexibility index (Phi) is 5.13. The molecule has 7 nitrogen and oxygen atoms in total. The number of hydrogen-bond acceptors (Lipinski definition) is 8. The molecule has 0 radical (unpaired) electrons. The summed E-state index contributed by atoms with van der Waals surface area (Å²) in [5, 5.41) is -0.323. The summed E-state index contributed by atoms with van der Waals surface area (Å²) >= 11 is 1.52. The van der Waals surface area contributed by atoms with Gasteiger partial charge in [-0.1, -0.05) is 18.2 Å². The Morgan fingerprint density at radius 2 is 1.81 bits per heavy atom. The number of thioether (sulfide) groups is 1. The van der Waals surface area contributed by atoms with Gasteiger partial charge in [0.15, 0.2) is 6.04 Å². The van der Waals surface area contributed by atoms with Gasteiger partial charge in [0.25, 0.3) is 0 Å². The smallest absolute Gasteiger partial charge is 0.333 e. The first-order chi connectivity index (χ1) is 12.4. The van der Waals surface area contributed by atoms with Gasteiger partial charge in [-0.15, -0.1) is 11.8 Å². The molecule has 0 amide bonds. The van der Waals surface area contributed by atoms with E-state index in [2.05, 4.69) is 4.99 Å². The molecule has 0 aliphatic carbocycles. The monoisotopic (exact) mass is 378 g/mol. The van der Waals surface area contributed by atoms with E-state index >= 15 is 0 Å². The van der Waals surface area contributed by atoms with Crippen molar-refractivity contribution in [2.24, 2.45) is 4.99 Å². The molecule has 0 N–H and O–H groups in total.